The van der Waals surface area contributed by atoms with Crippen molar-refractivity contribution in [2.45, 2.75) is 17.7 Å². The second kappa shape index (κ2) is 5.36. The second-order valence-corrected chi connectivity index (χ2v) is 6.88. The number of aliphatic hydroxyl groups is 1. The van der Waals surface area contributed by atoms with Gasteiger partial charge in [-0.05, 0) is 17.7 Å². The quantitative estimate of drug-likeness (QED) is 0.863. The van der Waals surface area contributed by atoms with E-state index in [1.807, 2.05) is 0 Å². The Morgan fingerprint density at radius 2 is 2.06 bits per heavy atom. The topological polar surface area (TPSA) is 54.4 Å². The van der Waals surface area contributed by atoms with Gasteiger partial charge in [0.15, 0.2) is 14.5 Å². The van der Waals surface area contributed by atoms with Crippen LogP contribution in [0.3, 0.4) is 0 Å². The standard InChI is InChI=1S/C10H12Cl2O3S/c1-2-16(14,15)10(12)9(13)7-4-3-5-8(11)6-7/h3-6,9-10,13H,2H2,1H3/t9-,10+/m0/s1. The number of aliphatic hydroxyl groups excluding tert-OH is 1. The summed E-state index contributed by atoms with van der Waals surface area (Å²) >= 11 is 11.5. The number of halogens is 2. The first-order chi connectivity index (χ1) is 7.38. The van der Waals surface area contributed by atoms with Gasteiger partial charge in [0, 0.05) is 10.8 Å². The Kier molecular flexibility index (Phi) is 4.62. The zero-order chi connectivity index (χ0) is 12.3. The molecule has 0 spiro atoms. The average Bonchev–Trinajstić information content (AvgIpc) is 2.27. The first-order valence-corrected chi connectivity index (χ1v) is 7.20. The van der Waals surface area contributed by atoms with Crippen LogP contribution in [0.15, 0.2) is 24.3 Å². The van der Waals surface area contributed by atoms with E-state index in [0.717, 1.165) is 0 Å². The Bertz CT molecular complexity index is 459. The van der Waals surface area contributed by atoms with E-state index in [1.54, 1.807) is 18.2 Å². The first kappa shape index (κ1) is 13.8. The molecule has 0 saturated carbocycles. The highest BCUT2D eigenvalue weighted by atomic mass is 35.5. The van der Waals surface area contributed by atoms with E-state index in [-0.39, 0.29) is 5.75 Å². The van der Waals surface area contributed by atoms with Gasteiger partial charge < -0.3 is 5.11 Å². The normalized spacial score (nSPS) is 15.8. The summed E-state index contributed by atoms with van der Waals surface area (Å²) in [5.41, 5.74) is 0.393. The molecule has 0 heterocycles. The smallest absolute Gasteiger partial charge is 0.169 e. The predicted octanol–water partition coefficient (Wildman–Crippen LogP) is 2.37. The summed E-state index contributed by atoms with van der Waals surface area (Å²) in [4.78, 5) is 0. The van der Waals surface area contributed by atoms with Crippen molar-refractivity contribution < 1.29 is 13.5 Å². The van der Waals surface area contributed by atoms with E-state index >= 15 is 0 Å². The van der Waals surface area contributed by atoms with Crippen molar-refractivity contribution in [2.75, 3.05) is 5.75 Å². The Morgan fingerprint density at radius 3 is 2.56 bits per heavy atom. The number of rotatable bonds is 4. The van der Waals surface area contributed by atoms with Gasteiger partial charge in [-0.15, -0.1) is 11.6 Å². The zero-order valence-electron chi connectivity index (χ0n) is 8.60. The van der Waals surface area contributed by atoms with Crippen LogP contribution in [0.5, 0.6) is 0 Å². The monoisotopic (exact) mass is 282 g/mol. The third-order valence-corrected chi connectivity index (χ3v) is 5.22. The van der Waals surface area contributed by atoms with Crippen molar-refractivity contribution in [3.63, 3.8) is 0 Å². The molecule has 1 aromatic carbocycles. The van der Waals surface area contributed by atoms with Crippen LogP contribution in [0.2, 0.25) is 5.02 Å². The number of alkyl halides is 1. The first-order valence-electron chi connectivity index (χ1n) is 4.67. The summed E-state index contributed by atoms with van der Waals surface area (Å²) in [5, 5.41) is 10.2. The summed E-state index contributed by atoms with van der Waals surface area (Å²) in [5.74, 6) is -0.112. The summed E-state index contributed by atoms with van der Waals surface area (Å²) in [6.07, 6.45) is -1.27. The zero-order valence-corrected chi connectivity index (χ0v) is 10.9. The average molecular weight is 283 g/mol. The van der Waals surface area contributed by atoms with Gasteiger partial charge in [0.2, 0.25) is 0 Å². The molecule has 0 fully saturated rings. The fraction of sp³-hybridized carbons (Fsp3) is 0.400. The lowest BCUT2D eigenvalue weighted by molar-refractivity contribution is 0.191. The van der Waals surface area contributed by atoms with Gasteiger partial charge in [-0.25, -0.2) is 8.42 Å². The van der Waals surface area contributed by atoms with Crippen LogP contribution in [-0.2, 0) is 9.84 Å². The molecular weight excluding hydrogens is 271 g/mol. The van der Waals surface area contributed by atoms with Gasteiger partial charge in [-0.2, -0.15) is 0 Å². The second-order valence-electron chi connectivity index (χ2n) is 3.30. The molecule has 3 nitrogen and oxygen atoms in total. The third-order valence-electron chi connectivity index (χ3n) is 2.18. The number of benzene rings is 1. The third kappa shape index (κ3) is 3.10. The minimum absolute atomic E-state index is 0.112. The Hall–Kier alpha value is -0.290. The lowest BCUT2D eigenvalue weighted by Gasteiger charge is -2.17. The SMILES string of the molecule is CCS(=O)(=O)[C@@H](Cl)[C@@H](O)c1cccc(Cl)c1. The summed E-state index contributed by atoms with van der Waals surface area (Å²) in [6, 6.07) is 6.34. The van der Waals surface area contributed by atoms with Crippen LogP contribution < -0.4 is 0 Å². The Labute approximate surface area is 105 Å². The molecule has 0 aliphatic rings. The lowest BCUT2D eigenvalue weighted by atomic mass is 10.1. The molecule has 90 valence electrons. The van der Waals surface area contributed by atoms with Gasteiger partial charge in [0.1, 0.15) is 6.10 Å². The summed E-state index contributed by atoms with van der Waals surface area (Å²) < 4.78 is 21.6. The van der Waals surface area contributed by atoms with Gasteiger partial charge in [-0.3, -0.25) is 0 Å². The highest BCUT2D eigenvalue weighted by Crippen LogP contribution is 2.27. The Morgan fingerprint density at radius 1 is 1.44 bits per heavy atom. The molecule has 6 heteroatoms. The van der Waals surface area contributed by atoms with E-state index in [9.17, 15) is 13.5 Å². The molecule has 0 aliphatic carbocycles. The maximum Gasteiger partial charge on any atom is 0.169 e. The molecule has 0 saturated heterocycles. The molecule has 1 N–H and O–H groups in total. The van der Waals surface area contributed by atoms with E-state index in [0.29, 0.717) is 10.6 Å². The molecule has 16 heavy (non-hydrogen) atoms. The molecule has 1 aromatic rings. The van der Waals surface area contributed by atoms with Crippen molar-refractivity contribution in [3.8, 4) is 0 Å². The summed E-state index contributed by atoms with van der Waals surface area (Å²) in [6.45, 7) is 1.48. The molecule has 0 radical (unpaired) electrons. The van der Waals surface area contributed by atoms with E-state index in [2.05, 4.69) is 0 Å². The van der Waals surface area contributed by atoms with Crippen molar-refractivity contribution in [1.82, 2.24) is 0 Å². The van der Waals surface area contributed by atoms with Crippen molar-refractivity contribution in [3.05, 3.63) is 34.9 Å². The molecule has 0 aliphatic heterocycles. The van der Waals surface area contributed by atoms with Crippen LogP contribution in [-0.4, -0.2) is 24.0 Å². The van der Waals surface area contributed by atoms with E-state index in [1.165, 1.54) is 13.0 Å². The van der Waals surface area contributed by atoms with E-state index in [4.69, 9.17) is 23.2 Å². The molecule has 0 amide bonds. The molecule has 0 unspecified atom stereocenters. The number of hydrogen-bond acceptors (Lipinski definition) is 3. The predicted molar refractivity (Wildman–Crippen MR) is 65.5 cm³/mol. The van der Waals surface area contributed by atoms with Crippen molar-refractivity contribution >= 4 is 33.0 Å². The van der Waals surface area contributed by atoms with Crippen LogP contribution >= 0.6 is 23.2 Å². The maximum atomic E-state index is 11.5. The molecular formula is C10H12Cl2O3S. The molecule has 2 atom stereocenters. The summed E-state index contributed by atoms with van der Waals surface area (Å²) in [7, 11) is -3.49. The lowest BCUT2D eigenvalue weighted by Crippen LogP contribution is -2.24. The number of hydrogen-bond donors (Lipinski definition) is 1. The van der Waals surface area contributed by atoms with Gasteiger partial charge in [0.25, 0.3) is 0 Å². The van der Waals surface area contributed by atoms with Crippen LogP contribution in [0.25, 0.3) is 0 Å². The minimum atomic E-state index is -3.49. The maximum absolute atomic E-state index is 11.5. The largest absolute Gasteiger partial charge is 0.386 e. The molecule has 1 rings (SSSR count). The highest BCUT2D eigenvalue weighted by Gasteiger charge is 2.29. The van der Waals surface area contributed by atoms with E-state index < -0.39 is 20.7 Å². The fourth-order valence-corrected chi connectivity index (χ4v) is 2.79. The van der Waals surface area contributed by atoms with Crippen molar-refractivity contribution in [1.29, 1.82) is 0 Å². The molecule has 0 aromatic heterocycles. The Balaban J connectivity index is 2.99. The van der Waals surface area contributed by atoms with Gasteiger partial charge >= 0.3 is 0 Å². The van der Waals surface area contributed by atoms with Crippen LogP contribution in [0.1, 0.15) is 18.6 Å². The van der Waals surface area contributed by atoms with Crippen LogP contribution in [0.4, 0.5) is 0 Å². The minimum Gasteiger partial charge on any atom is -0.386 e. The van der Waals surface area contributed by atoms with Gasteiger partial charge in [0.05, 0.1) is 0 Å². The van der Waals surface area contributed by atoms with Crippen LogP contribution in [0, 0.1) is 0 Å². The van der Waals surface area contributed by atoms with Gasteiger partial charge in [-0.1, -0.05) is 30.7 Å². The number of sulfone groups is 1. The molecule has 0 bridgehead atoms. The highest BCUT2D eigenvalue weighted by molar-refractivity contribution is 7.93. The fourth-order valence-electron chi connectivity index (χ4n) is 1.20. The van der Waals surface area contributed by atoms with Crippen molar-refractivity contribution in [2.24, 2.45) is 0 Å².